The van der Waals surface area contributed by atoms with Crippen LogP contribution in [-0.2, 0) is 60.6 Å². The number of fused-ring (bicyclic) bond motifs is 3. The number of hydrazine groups is 1. The Balaban J connectivity index is 0.000000266. The Morgan fingerprint density at radius 2 is 1.63 bits per heavy atom. The van der Waals surface area contributed by atoms with Gasteiger partial charge in [0.25, 0.3) is 5.91 Å². The molecule has 0 radical (unpaired) electrons. The monoisotopic (exact) mass is 1110 g/mol. The summed E-state index contributed by atoms with van der Waals surface area (Å²) in [6.45, 7) is 9.31. The predicted octanol–water partition coefficient (Wildman–Crippen LogP) is 0.266. The maximum atomic E-state index is 13.2. The summed E-state index contributed by atoms with van der Waals surface area (Å²) in [6, 6.07) is 4.77. The molecule has 2 heterocycles. The molecule has 7 atom stereocenters. The Labute approximate surface area is 459 Å². The second kappa shape index (κ2) is 32.6. The number of amides is 6. The van der Waals surface area contributed by atoms with Gasteiger partial charge in [-0.05, 0) is 45.1 Å². The highest BCUT2D eigenvalue weighted by molar-refractivity contribution is 8.01. The highest BCUT2D eigenvalue weighted by atomic mass is 32.2. The number of hydrogen-bond donors (Lipinski definition) is 9. The quantitative estimate of drug-likeness (QED) is 0.0252. The number of morpholine rings is 1. The van der Waals surface area contributed by atoms with Gasteiger partial charge < -0.3 is 65.2 Å². The lowest BCUT2D eigenvalue weighted by molar-refractivity contribution is -0.190. The van der Waals surface area contributed by atoms with Gasteiger partial charge in [-0.15, -0.1) is 11.8 Å². The molecule has 0 aromatic heterocycles. The number of methoxy groups -OCH3 is 2. The Bertz CT molecular complexity index is 2410. The van der Waals surface area contributed by atoms with Gasteiger partial charge >= 0.3 is 0 Å². The Morgan fingerprint density at radius 1 is 0.923 bits per heavy atom. The van der Waals surface area contributed by atoms with Crippen LogP contribution >= 0.6 is 11.8 Å². The second-order valence-corrected chi connectivity index (χ2v) is 20.8. The normalized spacial score (nSPS) is 20.2. The van der Waals surface area contributed by atoms with Gasteiger partial charge in [0.15, 0.2) is 12.1 Å². The molecule has 2 fully saturated rings. The van der Waals surface area contributed by atoms with Crippen molar-refractivity contribution in [2.24, 2.45) is 5.92 Å². The molecule has 2 saturated heterocycles. The number of thioether (sulfide) groups is 1. The molecule has 24 nitrogen and oxygen atoms in total. The van der Waals surface area contributed by atoms with Gasteiger partial charge in [0, 0.05) is 107 Å². The Morgan fingerprint density at radius 3 is 2.31 bits per heavy atom. The van der Waals surface area contributed by atoms with Crippen LogP contribution in [0.3, 0.4) is 0 Å². The number of hydrogen-bond acceptors (Lipinski definition) is 19. The molecule has 432 valence electrons. The highest BCUT2D eigenvalue weighted by Gasteiger charge is 2.41. The number of rotatable bonds is 24. The highest BCUT2D eigenvalue weighted by Crippen LogP contribution is 2.47. The number of ketones is 2. The lowest BCUT2D eigenvalue weighted by Crippen LogP contribution is -2.57. The summed E-state index contributed by atoms with van der Waals surface area (Å²) in [5.41, 5.74) is 5.06. The molecule has 2 aromatic carbocycles. The van der Waals surface area contributed by atoms with Gasteiger partial charge in [-0.3, -0.25) is 48.7 Å². The molecule has 6 rings (SSSR count). The summed E-state index contributed by atoms with van der Waals surface area (Å²) < 4.78 is 21.3. The summed E-state index contributed by atoms with van der Waals surface area (Å²) >= 11 is 1.50. The molecule has 9 N–H and O–H groups in total. The maximum absolute atomic E-state index is 13.2. The third-order valence-electron chi connectivity index (χ3n) is 13.7. The van der Waals surface area contributed by atoms with Gasteiger partial charge in [0.1, 0.15) is 23.5 Å². The number of carbonyl (C=O) groups excluding carboxylic acids is 9. The van der Waals surface area contributed by atoms with E-state index >= 15 is 0 Å². The molecule has 0 spiro atoms. The minimum Gasteiger partial charge on any atom is -0.507 e. The maximum Gasteiger partial charge on any atom is 0.253 e. The smallest absolute Gasteiger partial charge is 0.253 e. The SMILES string of the molecule is CCCCC(C)SC(C=O)CC(=O)N(C)CCC(=O)NCC(=O)NCC(=O)NNC.COC1CN(C2CCOC(C)C2O)CCO1.COc1cccc2c1C(=O)c1c(O)c3c(c(O)c1C2=O)C[C@@H](C(=O)NCCNC=O)CC3. The molecule has 25 heteroatoms. The van der Waals surface area contributed by atoms with E-state index in [1.165, 1.54) is 36.9 Å². The molecule has 0 bridgehead atoms. The number of unbranched alkanes of at least 4 members (excludes halogenated alkanes) is 1. The van der Waals surface area contributed by atoms with Crippen molar-refractivity contribution in [3.05, 3.63) is 51.6 Å². The summed E-state index contributed by atoms with van der Waals surface area (Å²) in [5.74, 6) is -3.92. The zero-order valence-corrected chi connectivity index (χ0v) is 46.4. The number of nitrogens with zero attached hydrogens (tertiary/aromatic N) is 2. The Kier molecular flexibility index (Phi) is 26.9. The van der Waals surface area contributed by atoms with E-state index in [9.17, 15) is 58.5 Å². The van der Waals surface area contributed by atoms with E-state index in [4.69, 9.17) is 18.9 Å². The van der Waals surface area contributed by atoms with E-state index < -0.39 is 40.7 Å². The summed E-state index contributed by atoms with van der Waals surface area (Å²) in [4.78, 5) is 111. The van der Waals surface area contributed by atoms with Crippen LogP contribution in [0.4, 0.5) is 0 Å². The van der Waals surface area contributed by atoms with Crippen LogP contribution in [0.15, 0.2) is 18.2 Å². The van der Waals surface area contributed by atoms with Crippen LogP contribution in [0.2, 0.25) is 0 Å². The molecule has 78 heavy (non-hydrogen) atoms. The number of aldehydes is 1. The summed E-state index contributed by atoms with van der Waals surface area (Å²) in [7, 11) is 6.13. The number of phenolic OH excluding ortho intramolecular Hbond substituents is 2. The summed E-state index contributed by atoms with van der Waals surface area (Å²) in [6.07, 6.45) is 5.64. The van der Waals surface area contributed by atoms with E-state index in [2.05, 4.69) is 50.9 Å². The standard InChI is InChI=1S/C23H22N2O7.C19H35N5O5S.C11H21NO4/c1-32-15-4-2-3-13-16(15)22(30)18-17(20(13)28)21(29)14-9-11(5-6-12(14)19(18)27)23(31)25-8-7-24-10-26;1-5-6-7-14(2)30-15(13-25)10-19(29)24(4)9-8-16(26)21-11-17(27)22-12-18(28)23-20-3;1-8-11(13)9(3-5-15-8)12-4-6-16-10(7-12)14-2/h2-4,10-11,27,29H,5-9H2,1H3,(H,24,26)(H,25,31);13-15,20H,5-12H2,1-4H3,(H,21,26)(H,22,27)(H,23,28);8-11,13H,3-7H2,1-2H3/t11-;;/m0../s1. The Hall–Kier alpha value is -6.22. The van der Waals surface area contributed by atoms with Crippen molar-refractivity contribution in [2.45, 2.75) is 114 Å². The molecule has 2 aromatic rings. The molecular formula is C53H78N8O16S. The van der Waals surface area contributed by atoms with Crippen LogP contribution in [0.25, 0.3) is 0 Å². The molecule has 2 aliphatic carbocycles. The second-order valence-electron chi connectivity index (χ2n) is 19.1. The molecule has 6 unspecified atom stereocenters. The number of aromatic hydroxyl groups is 2. The van der Waals surface area contributed by atoms with E-state index in [1.54, 1.807) is 26.3 Å². The van der Waals surface area contributed by atoms with Crippen LogP contribution < -0.4 is 36.9 Å². The number of aliphatic hydroxyl groups excluding tert-OH is 1. The van der Waals surface area contributed by atoms with Crippen molar-refractivity contribution in [3.8, 4) is 17.2 Å². The fraction of sp³-hybridized carbons (Fsp3) is 0.604. The largest absolute Gasteiger partial charge is 0.507 e. The fourth-order valence-electron chi connectivity index (χ4n) is 9.33. The first-order chi connectivity index (χ1) is 37.3. The van der Waals surface area contributed by atoms with Gasteiger partial charge in [0.2, 0.25) is 35.8 Å². The topological polar surface area (TPSA) is 330 Å². The third-order valence-corrected chi connectivity index (χ3v) is 15.0. The predicted molar refractivity (Wildman–Crippen MR) is 287 cm³/mol. The van der Waals surface area contributed by atoms with Crippen molar-refractivity contribution in [1.82, 2.24) is 41.9 Å². The lowest BCUT2D eigenvalue weighted by atomic mass is 9.75. The van der Waals surface area contributed by atoms with Crippen molar-refractivity contribution < 1.29 is 77.4 Å². The van der Waals surface area contributed by atoms with Crippen LogP contribution in [0.1, 0.15) is 109 Å². The number of phenols is 2. The van der Waals surface area contributed by atoms with Crippen molar-refractivity contribution in [2.75, 3.05) is 87.3 Å². The van der Waals surface area contributed by atoms with Crippen molar-refractivity contribution >= 4 is 65.6 Å². The van der Waals surface area contributed by atoms with Gasteiger partial charge in [-0.25, -0.2) is 5.43 Å². The zero-order chi connectivity index (χ0) is 57.5. The molecule has 0 saturated carbocycles. The van der Waals surface area contributed by atoms with E-state index in [1.807, 2.05) is 6.92 Å². The van der Waals surface area contributed by atoms with E-state index in [-0.39, 0.29) is 134 Å². The van der Waals surface area contributed by atoms with Crippen LogP contribution in [-0.4, -0.2) is 201 Å². The van der Waals surface area contributed by atoms with Gasteiger partial charge in [-0.1, -0.05) is 38.8 Å². The summed E-state index contributed by atoms with van der Waals surface area (Å²) in [5, 5.41) is 41.9. The van der Waals surface area contributed by atoms with E-state index in [0.717, 1.165) is 51.7 Å². The minimum absolute atomic E-state index is 0.0293. The van der Waals surface area contributed by atoms with Gasteiger partial charge in [-0.2, -0.15) is 0 Å². The van der Waals surface area contributed by atoms with Crippen LogP contribution in [0, 0.1) is 5.92 Å². The number of ether oxygens (including phenoxy) is 4. The molecule has 2 aliphatic heterocycles. The van der Waals surface area contributed by atoms with Crippen molar-refractivity contribution in [3.63, 3.8) is 0 Å². The number of aliphatic hydroxyl groups is 1. The zero-order valence-electron chi connectivity index (χ0n) is 45.6. The first-order valence-electron chi connectivity index (χ1n) is 26.2. The average Bonchev–Trinajstić information content (AvgIpc) is 3.59. The lowest BCUT2D eigenvalue weighted by Gasteiger charge is -2.43. The molecule has 6 amide bonds. The molecule has 4 aliphatic rings. The number of carbonyl (C=O) groups is 9. The van der Waals surface area contributed by atoms with Crippen molar-refractivity contribution in [1.29, 1.82) is 0 Å². The van der Waals surface area contributed by atoms with Gasteiger partial charge in [0.05, 0.1) is 61.0 Å². The third kappa shape index (κ3) is 18.2. The first-order valence-corrected chi connectivity index (χ1v) is 27.1. The number of nitrogens with one attached hydrogen (secondary N) is 6. The first kappa shape index (κ1) is 64.3. The fourth-order valence-corrected chi connectivity index (χ4v) is 10.5. The van der Waals surface area contributed by atoms with Crippen LogP contribution in [0.5, 0.6) is 17.2 Å². The number of benzene rings is 2. The minimum atomic E-state index is -0.592. The molecular weight excluding hydrogens is 1040 g/mol. The van der Waals surface area contributed by atoms with E-state index in [0.29, 0.717) is 35.8 Å². The average molecular weight is 1120 g/mol.